The Morgan fingerprint density at radius 2 is 1.96 bits per heavy atom. The number of fused-ring (bicyclic) bond motifs is 2. The van der Waals surface area contributed by atoms with Gasteiger partial charge in [0, 0.05) is 42.7 Å². The number of carbonyl (C=O) groups is 1. The van der Waals surface area contributed by atoms with E-state index in [-0.39, 0.29) is 0 Å². The van der Waals surface area contributed by atoms with Crippen molar-refractivity contribution in [2.45, 2.75) is 32.5 Å². The van der Waals surface area contributed by atoms with Crippen LogP contribution in [0, 0.1) is 11.3 Å². The number of carbonyl (C=O) groups excluding carboxylic acids is 1. The first-order valence-electron chi connectivity index (χ1n) is 9.43. The van der Waals surface area contributed by atoms with Gasteiger partial charge in [0.25, 0.3) is 0 Å². The average Bonchev–Trinajstić information content (AvgIpc) is 2.72. The summed E-state index contributed by atoms with van der Waals surface area (Å²) in [4.78, 5) is 20.1. The predicted molar refractivity (Wildman–Crippen MR) is 106 cm³/mol. The summed E-state index contributed by atoms with van der Waals surface area (Å²) in [6.07, 6.45) is -0.0137. The van der Waals surface area contributed by atoms with Crippen molar-refractivity contribution in [2.24, 2.45) is 0 Å². The van der Waals surface area contributed by atoms with E-state index >= 15 is 0 Å². The van der Waals surface area contributed by atoms with Gasteiger partial charge in [0.2, 0.25) is 0 Å². The van der Waals surface area contributed by atoms with E-state index in [0.29, 0.717) is 12.1 Å². The lowest BCUT2D eigenvalue weighted by Crippen LogP contribution is -2.32. The Balaban J connectivity index is 1.74. The van der Waals surface area contributed by atoms with E-state index in [1.54, 1.807) is 6.92 Å². The summed E-state index contributed by atoms with van der Waals surface area (Å²) in [6, 6.07) is 19.9. The molecule has 1 aliphatic heterocycles. The second-order valence-corrected chi connectivity index (χ2v) is 7.05. The zero-order chi connectivity index (χ0) is 19.5. The van der Waals surface area contributed by atoms with Crippen LogP contribution in [0.25, 0.3) is 10.9 Å². The van der Waals surface area contributed by atoms with Crippen molar-refractivity contribution >= 4 is 16.9 Å². The molecule has 1 aliphatic rings. The zero-order valence-corrected chi connectivity index (χ0v) is 15.8. The quantitative estimate of drug-likeness (QED) is 0.652. The Kier molecular flexibility index (Phi) is 5.05. The molecule has 0 radical (unpaired) electrons. The molecule has 0 saturated heterocycles. The molecule has 0 bridgehead atoms. The van der Waals surface area contributed by atoms with Gasteiger partial charge in [0.15, 0.2) is 6.10 Å². The summed E-state index contributed by atoms with van der Waals surface area (Å²) in [5.74, 6) is -0.453. The third-order valence-electron chi connectivity index (χ3n) is 5.04. The van der Waals surface area contributed by atoms with Crippen LogP contribution in [0.15, 0.2) is 54.6 Å². The Morgan fingerprint density at radius 1 is 1.21 bits per heavy atom. The van der Waals surface area contributed by atoms with Crippen LogP contribution < -0.4 is 0 Å². The molecule has 5 heteroatoms. The van der Waals surface area contributed by atoms with Crippen molar-refractivity contribution in [3.63, 3.8) is 0 Å². The minimum Gasteiger partial charge on any atom is -0.444 e. The van der Waals surface area contributed by atoms with Crippen molar-refractivity contribution in [1.82, 2.24) is 9.88 Å². The standard InChI is InChI=1S/C23H21N3O2/c1-16(13-24)28-23(27)22-18-9-5-6-10-20(18)25-21-11-12-26(15-19(21)22)14-17-7-3-2-4-8-17/h2-10,16H,11-12,14-15H2,1H3/t16-/m0/s1. The number of hydrogen-bond acceptors (Lipinski definition) is 5. The van der Waals surface area contributed by atoms with Gasteiger partial charge in [0.05, 0.1) is 11.1 Å². The summed E-state index contributed by atoms with van der Waals surface area (Å²) < 4.78 is 5.37. The lowest BCUT2D eigenvalue weighted by atomic mass is 9.95. The Morgan fingerprint density at radius 3 is 2.75 bits per heavy atom. The predicted octanol–water partition coefficient (Wildman–Crippen LogP) is 3.86. The van der Waals surface area contributed by atoms with Gasteiger partial charge in [-0.15, -0.1) is 0 Å². The van der Waals surface area contributed by atoms with Gasteiger partial charge < -0.3 is 4.74 Å². The minimum atomic E-state index is -0.793. The Hall–Kier alpha value is -3.23. The van der Waals surface area contributed by atoms with E-state index < -0.39 is 12.1 Å². The van der Waals surface area contributed by atoms with Gasteiger partial charge in [-0.1, -0.05) is 48.5 Å². The third-order valence-corrected chi connectivity index (χ3v) is 5.04. The van der Waals surface area contributed by atoms with Crippen LogP contribution in [0.4, 0.5) is 0 Å². The molecule has 0 aliphatic carbocycles. The van der Waals surface area contributed by atoms with E-state index in [0.717, 1.165) is 41.7 Å². The zero-order valence-electron chi connectivity index (χ0n) is 15.8. The maximum absolute atomic E-state index is 12.9. The molecule has 0 unspecified atom stereocenters. The average molecular weight is 371 g/mol. The monoisotopic (exact) mass is 371 g/mol. The number of aromatic nitrogens is 1. The highest BCUT2D eigenvalue weighted by atomic mass is 16.5. The first-order valence-corrected chi connectivity index (χ1v) is 9.43. The van der Waals surface area contributed by atoms with Gasteiger partial charge in [-0.3, -0.25) is 9.88 Å². The molecule has 4 rings (SSSR count). The van der Waals surface area contributed by atoms with Crippen molar-refractivity contribution in [3.05, 3.63) is 77.0 Å². The van der Waals surface area contributed by atoms with Crippen LogP contribution in [-0.2, 0) is 24.2 Å². The Labute approximate surface area is 164 Å². The summed E-state index contributed by atoms with van der Waals surface area (Å²) in [6.45, 7) is 3.91. The first-order chi connectivity index (χ1) is 13.7. The van der Waals surface area contributed by atoms with Crippen LogP contribution in [0.1, 0.15) is 34.1 Å². The van der Waals surface area contributed by atoms with Crippen LogP contribution in [0.5, 0.6) is 0 Å². The number of ether oxygens (including phenoxy) is 1. The molecule has 0 saturated carbocycles. The summed E-state index contributed by atoms with van der Waals surface area (Å²) in [5, 5.41) is 9.82. The number of rotatable bonds is 4. The number of para-hydroxylation sites is 1. The van der Waals surface area contributed by atoms with Gasteiger partial charge in [-0.05, 0) is 18.6 Å². The molecule has 140 valence electrons. The topological polar surface area (TPSA) is 66.2 Å². The number of esters is 1. The highest BCUT2D eigenvalue weighted by molar-refractivity contribution is 6.05. The molecular weight excluding hydrogens is 350 g/mol. The van der Waals surface area contributed by atoms with Crippen LogP contribution in [0.3, 0.4) is 0 Å². The lowest BCUT2D eigenvalue weighted by Gasteiger charge is -2.30. The molecule has 2 heterocycles. The van der Waals surface area contributed by atoms with E-state index in [9.17, 15) is 4.79 Å². The molecule has 0 spiro atoms. The highest BCUT2D eigenvalue weighted by Crippen LogP contribution is 2.29. The maximum Gasteiger partial charge on any atom is 0.340 e. The molecule has 5 nitrogen and oxygen atoms in total. The molecule has 2 aromatic carbocycles. The Bertz CT molecular complexity index is 1060. The molecule has 0 N–H and O–H groups in total. The number of hydrogen-bond donors (Lipinski definition) is 0. The van der Waals surface area contributed by atoms with Crippen molar-refractivity contribution in [3.8, 4) is 6.07 Å². The van der Waals surface area contributed by atoms with Gasteiger partial charge in [-0.2, -0.15) is 5.26 Å². The molecule has 1 aromatic heterocycles. The van der Waals surface area contributed by atoms with Crippen LogP contribution in [-0.4, -0.2) is 28.5 Å². The fraction of sp³-hybridized carbons (Fsp3) is 0.261. The number of benzene rings is 2. The largest absolute Gasteiger partial charge is 0.444 e. The summed E-state index contributed by atoms with van der Waals surface area (Å²) in [7, 11) is 0. The smallest absolute Gasteiger partial charge is 0.340 e. The molecule has 1 atom stereocenters. The molecule has 0 amide bonds. The lowest BCUT2D eigenvalue weighted by molar-refractivity contribution is 0.0434. The first kappa shape index (κ1) is 18.1. The van der Waals surface area contributed by atoms with Crippen LogP contribution >= 0.6 is 0 Å². The van der Waals surface area contributed by atoms with Crippen molar-refractivity contribution in [2.75, 3.05) is 6.54 Å². The van der Waals surface area contributed by atoms with E-state index in [2.05, 4.69) is 17.0 Å². The highest BCUT2D eigenvalue weighted by Gasteiger charge is 2.27. The van der Waals surface area contributed by atoms with Gasteiger partial charge >= 0.3 is 5.97 Å². The van der Waals surface area contributed by atoms with Crippen molar-refractivity contribution in [1.29, 1.82) is 5.26 Å². The molecule has 3 aromatic rings. The summed E-state index contributed by atoms with van der Waals surface area (Å²) in [5.41, 5.74) is 4.42. The van der Waals surface area contributed by atoms with E-state index in [4.69, 9.17) is 15.0 Å². The molecule has 0 fully saturated rings. The maximum atomic E-state index is 12.9. The number of nitrogens with zero attached hydrogens (tertiary/aromatic N) is 3. The summed E-state index contributed by atoms with van der Waals surface area (Å²) >= 11 is 0. The SMILES string of the molecule is C[C@@H](C#N)OC(=O)c1c2c(nc3ccccc13)CCN(Cc1ccccc1)C2. The second kappa shape index (κ2) is 7.79. The minimum absolute atomic E-state index is 0.453. The van der Waals surface area contributed by atoms with Crippen LogP contribution in [0.2, 0.25) is 0 Å². The fourth-order valence-electron chi connectivity index (χ4n) is 3.70. The molecule has 28 heavy (non-hydrogen) atoms. The van der Waals surface area contributed by atoms with Gasteiger partial charge in [-0.25, -0.2) is 4.79 Å². The number of pyridine rings is 1. The normalized spacial score (nSPS) is 14.9. The van der Waals surface area contributed by atoms with Gasteiger partial charge in [0.1, 0.15) is 6.07 Å². The number of nitriles is 1. The van der Waals surface area contributed by atoms with E-state index in [1.807, 2.05) is 48.5 Å². The third kappa shape index (κ3) is 3.60. The fourth-order valence-corrected chi connectivity index (χ4v) is 3.70. The van der Waals surface area contributed by atoms with Crippen molar-refractivity contribution < 1.29 is 9.53 Å². The second-order valence-electron chi connectivity index (χ2n) is 7.05. The van der Waals surface area contributed by atoms with E-state index in [1.165, 1.54) is 5.56 Å². The molecular formula is C23H21N3O2.